The first-order chi connectivity index (χ1) is 10.1. The van der Waals surface area contributed by atoms with Gasteiger partial charge in [0.15, 0.2) is 0 Å². The second kappa shape index (κ2) is 5.05. The van der Waals surface area contributed by atoms with Crippen molar-refractivity contribution < 1.29 is 14.7 Å². The third-order valence-corrected chi connectivity index (χ3v) is 3.73. The Morgan fingerprint density at radius 2 is 2.05 bits per heavy atom. The highest BCUT2D eigenvalue weighted by Gasteiger charge is 2.48. The Bertz CT molecular complexity index is 781. The van der Waals surface area contributed by atoms with E-state index in [2.05, 4.69) is 10.3 Å². The van der Waals surface area contributed by atoms with Gasteiger partial charge >= 0.3 is 5.97 Å². The van der Waals surface area contributed by atoms with E-state index in [9.17, 15) is 14.4 Å². The van der Waals surface area contributed by atoms with Gasteiger partial charge in [0.2, 0.25) is 11.5 Å². The number of para-hydroxylation sites is 1. The molecule has 0 saturated heterocycles. The van der Waals surface area contributed by atoms with Crippen molar-refractivity contribution in [3.8, 4) is 0 Å². The molecule has 3 N–H and O–H groups in total. The molecule has 1 aliphatic carbocycles. The fraction of sp³-hybridized carbons (Fsp3) is 0.267. The Kier molecular flexibility index (Phi) is 3.21. The topological polar surface area (TPSA) is 99.3 Å². The quantitative estimate of drug-likeness (QED) is 0.776. The maximum absolute atomic E-state index is 11.9. The zero-order valence-electron chi connectivity index (χ0n) is 11.1. The third kappa shape index (κ3) is 2.65. The molecule has 0 bridgehead atoms. The van der Waals surface area contributed by atoms with E-state index in [0.717, 1.165) is 10.9 Å². The molecule has 1 heterocycles. The number of nitrogens with one attached hydrogen (secondary N) is 2. The smallest absolute Gasteiger partial charge is 0.307 e. The number of rotatable bonds is 4. The largest absolute Gasteiger partial charge is 0.481 e. The van der Waals surface area contributed by atoms with Crippen LogP contribution in [0, 0.1) is 11.8 Å². The summed E-state index contributed by atoms with van der Waals surface area (Å²) in [5.74, 6) is -2.22. The van der Waals surface area contributed by atoms with Gasteiger partial charge in [-0.15, -0.1) is 0 Å². The van der Waals surface area contributed by atoms with Gasteiger partial charge in [0.05, 0.1) is 11.8 Å². The van der Waals surface area contributed by atoms with Crippen LogP contribution in [0.1, 0.15) is 12.0 Å². The van der Waals surface area contributed by atoms with Gasteiger partial charge in [-0.2, -0.15) is 0 Å². The molecule has 1 aliphatic rings. The predicted molar refractivity (Wildman–Crippen MR) is 75.6 cm³/mol. The van der Waals surface area contributed by atoms with Gasteiger partial charge in [-0.3, -0.25) is 14.4 Å². The van der Waals surface area contributed by atoms with Crippen LogP contribution in [-0.4, -0.2) is 22.0 Å². The van der Waals surface area contributed by atoms with Crippen molar-refractivity contribution >= 4 is 22.8 Å². The number of amides is 1. The first-order valence-electron chi connectivity index (χ1n) is 6.67. The average molecular weight is 286 g/mol. The minimum Gasteiger partial charge on any atom is -0.481 e. The molecule has 3 rings (SSSR count). The number of aliphatic carboxylic acids is 1. The molecule has 1 saturated carbocycles. The molecule has 0 spiro atoms. The zero-order chi connectivity index (χ0) is 15.0. The molecule has 1 aromatic carbocycles. The number of aromatic amines is 1. The van der Waals surface area contributed by atoms with Crippen LogP contribution < -0.4 is 10.9 Å². The highest BCUT2D eigenvalue weighted by Crippen LogP contribution is 2.38. The molecule has 108 valence electrons. The van der Waals surface area contributed by atoms with Crippen molar-refractivity contribution in [1.29, 1.82) is 0 Å². The molecule has 6 nitrogen and oxygen atoms in total. The molecule has 0 aliphatic heterocycles. The van der Waals surface area contributed by atoms with Crippen LogP contribution in [-0.2, 0) is 16.1 Å². The summed E-state index contributed by atoms with van der Waals surface area (Å²) in [6, 6.07) is 8.78. The van der Waals surface area contributed by atoms with Crippen molar-refractivity contribution in [2.45, 2.75) is 13.0 Å². The van der Waals surface area contributed by atoms with E-state index in [-0.39, 0.29) is 18.0 Å². The Labute approximate surface area is 119 Å². The fourth-order valence-corrected chi connectivity index (χ4v) is 2.49. The highest BCUT2D eigenvalue weighted by molar-refractivity contribution is 5.90. The minimum atomic E-state index is -0.934. The molecule has 0 radical (unpaired) electrons. The number of carbonyl (C=O) groups is 2. The third-order valence-electron chi connectivity index (χ3n) is 3.73. The number of H-pyrrole nitrogens is 1. The van der Waals surface area contributed by atoms with Gasteiger partial charge in [-0.25, -0.2) is 0 Å². The standard InChI is InChI=1S/C15H14N2O4/c18-13-5-8(9-3-1-2-4-12(9)17-13)7-16-14(19)10-6-11(10)15(20)21/h1-5,10-11H,6-7H2,(H,16,19)(H,17,18)(H,20,21)/t10-,11-/m0/s1. The molecular formula is C15H14N2O4. The Morgan fingerprint density at radius 3 is 2.76 bits per heavy atom. The molecule has 21 heavy (non-hydrogen) atoms. The van der Waals surface area contributed by atoms with Crippen molar-refractivity contribution in [2.75, 3.05) is 0 Å². The lowest BCUT2D eigenvalue weighted by Gasteiger charge is -2.07. The molecule has 2 atom stereocenters. The first-order valence-corrected chi connectivity index (χ1v) is 6.67. The van der Waals surface area contributed by atoms with Crippen LogP contribution in [0.2, 0.25) is 0 Å². The molecule has 1 fully saturated rings. The lowest BCUT2D eigenvalue weighted by Crippen LogP contribution is -2.26. The zero-order valence-corrected chi connectivity index (χ0v) is 11.1. The van der Waals surface area contributed by atoms with Crippen LogP contribution in [0.3, 0.4) is 0 Å². The molecule has 6 heteroatoms. The van der Waals surface area contributed by atoms with Gasteiger partial charge in [-0.05, 0) is 18.1 Å². The number of carboxylic acids is 1. The lowest BCUT2D eigenvalue weighted by atomic mass is 10.1. The summed E-state index contributed by atoms with van der Waals surface area (Å²) in [7, 11) is 0. The minimum absolute atomic E-state index is 0.214. The van der Waals surface area contributed by atoms with E-state index in [1.165, 1.54) is 6.07 Å². The van der Waals surface area contributed by atoms with Crippen molar-refractivity contribution in [3.05, 3.63) is 46.2 Å². The van der Waals surface area contributed by atoms with Gasteiger partial charge in [0.25, 0.3) is 0 Å². The fourth-order valence-electron chi connectivity index (χ4n) is 2.49. The number of benzene rings is 1. The average Bonchev–Trinajstić information content (AvgIpc) is 3.25. The maximum atomic E-state index is 11.9. The van der Waals surface area contributed by atoms with E-state index < -0.39 is 17.8 Å². The molecule has 0 unspecified atom stereocenters. The van der Waals surface area contributed by atoms with E-state index in [4.69, 9.17) is 5.11 Å². The van der Waals surface area contributed by atoms with Crippen LogP contribution in [0.15, 0.2) is 35.1 Å². The Morgan fingerprint density at radius 1 is 1.29 bits per heavy atom. The van der Waals surface area contributed by atoms with E-state index in [0.29, 0.717) is 11.9 Å². The summed E-state index contributed by atoms with van der Waals surface area (Å²) in [6.07, 6.45) is 0.386. The molecule has 1 aromatic heterocycles. The monoisotopic (exact) mass is 286 g/mol. The summed E-state index contributed by atoms with van der Waals surface area (Å²) in [4.78, 5) is 36.9. The van der Waals surface area contributed by atoms with Crippen LogP contribution in [0.4, 0.5) is 0 Å². The SMILES string of the molecule is O=C(O)[C@H]1C[C@@H]1C(=O)NCc1cc(=O)[nH]c2ccccc12. The number of carboxylic acid groups (broad SMARTS) is 1. The second-order valence-electron chi connectivity index (χ2n) is 5.21. The normalized spacial score (nSPS) is 20.2. The summed E-state index contributed by atoms with van der Waals surface area (Å²) in [6.45, 7) is 0.214. The molecule has 1 amide bonds. The van der Waals surface area contributed by atoms with E-state index >= 15 is 0 Å². The van der Waals surface area contributed by atoms with Gasteiger partial charge in [-0.1, -0.05) is 18.2 Å². The van der Waals surface area contributed by atoms with Crippen LogP contribution >= 0.6 is 0 Å². The number of pyridine rings is 1. The second-order valence-corrected chi connectivity index (χ2v) is 5.21. The molecular weight excluding hydrogens is 272 g/mol. The highest BCUT2D eigenvalue weighted by atomic mass is 16.4. The van der Waals surface area contributed by atoms with Crippen LogP contribution in [0.25, 0.3) is 10.9 Å². The lowest BCUT2D eigenvalue weighted by molar-refractivity contribution is -0.140. The number of aromatic nitrogens is 1. The summed E-state index contributed by atoms with van der Waals surface area (Å²) >= 11 is 0. The summed E-state index contributed by atoms with van der Waals surface area (Å²) in [5, 5.41) is 12.4. The number of hydrogen-bond donors (Lipinski definition) is 3. The Balaban J connectivity index is 1.75. The summed E-state index contributed by atoms with van der Waals surface area (Å²) in [5.41, 5.74) is 1.20. The van der Waals surface area contributed by atoms with Gasteiger partial charge < -0.3 is 15.4 Å². The summed E-state index contributed by atoms with van der Waals surface area (Å²) < 4.78 is 0. The predicted octanol–water partition coefficient (Wildman–Crippen LogP) is 0.865. The number of hydrogen-bond acceptors (Lipinski definition) is 3. The maximum Gasteiger partial charge on any atom is 0.307 e. The number of fused-ring (bicyclic) bond motifs is 1. The van der Waals surface area contributed by atoms with Gasteiger partial charge in [0.1, 0.15) is 0 Å². The van der Waals surface area contributed by atoms with Gasteiger partial charge in [0, 0.05) is 23.5 Å². The number of carbonyl (C=O) groups excluding carboxylic acids is 1. The van der Waals surface area contributed by atoms with Crippen molar-refractivity contribution in [3.63, 3.8) is 0 Å². The van der Waals surface area contributed by atoms with E-state index in [1.54, 1.807) is 6.07 Å². The molecule has 2 aromatic rings. The van der Waals surface area contributed by atoms with Crippen molar-refractivity contribution in [2.24, 2.45) is 11.8 Å². The first kappa shape index (κ1) is 13.4. The van der Waals surface area contributed by atoms with Crippen LogP contribution in [0.5, 0.6) is 0 Å². The Hall–Kier alpha value is -2.63. The van der Waals surface area contributed by atoms with E-state index in [1.807, 2.05) is 18.2 Å². The van der Waals surface area contributed by atoms with Crippen molar-refractivity contribution in [1.82, 2.24) is 10.3 Å².